The Kier molecular flexibility index (Phi) is 5.25. The first kappa shape index (κ1) is 17.3. The van der Waals surface area contributed by atoms with Crippen molar-refractivity contribution in [3.8, 4) is 11.5 Å². The Morgan fingerprint density at radius 2 is 1.61 bits per heavy atom. The van der Waals surface area contributed by atoms with E-state index < -0.39 is 17.8 Å². The summed E-state index contributed by atoms with van der Waals surface area (Å²) in [5.41, 5.74) is 0.570. The van der Waals surface area contributed by atoms with E-state index in [-0.39, 0.29) is 13.1 Å². The van der Waals surface area contributed by atoms with E-state index in [9.17, 15) is 14.4 Å². The van der Waals surface area contributed by atoms with Gasteiger partial charge >= 0.3 is 17.8 Å². The summed E-state index contributed by atoms with van der Waals surface area (Å²) in [6.07, 6.45) is 0.591. The Morgan fingerprint density at radius 3 is 2.17 bits per heavy atom. The number of imide groups is 2. The zero-order valence-electron chi connectivity index (χ0n) is 13.1. The van der Waals surface area contributed by atoms with Crippen LogP contribution in [0.15, 0.2) is 16.6 Å². The van der Waals surface area contributed by atoms with Crippen molar-refractivity contribution in [1.82, 2.24) is 9.80 Å². The second kappa shape index (κ2) is 6.99. The lowest BCUT2D eigenvalue weighted by Gasteiger charge is -2.17. The Bertz CT molecular complexity index is 662. The first-order valence-electron chi connectivity index (χ1n) is 7.02. The predicted octanol–water partition coefficient (Wildman–Crippen LogP) is 2.17. The second-order valence-electron chi connectivity index (χ2n) is 4.93. The first-order valence-corrected chi connectivity index (χ1v) is 7.81. The number of halogens is 1. The van der Waals surface area contributed by atoms with Crippen LogP contribution in [0, 0.1) is 0 Å². The molecule has 1 saturated heterocycles. The average molecular weight is 385 g/mol. The number of ether oxygens (including phenoxy) is 2. The Balaban J connectivity index is 2.33. The van der Waals surface area contributed by atoms with Gasteiger partial charge in [-0.3, -0.25) is 19.4 Å². The van der Waals surface area contributed by atoms with Gasteiger partial charge < -0.3 is 9.47 Å². The molecule has 0 unspecified atom stereocenters. The fraction of sp³-hybridized carbons (Fsp3) is 0.400. The van der Waals surface area contributed by atoms with Crippen LogP contribution in [0.3, 0.4) is 0 Å². The molecular weight excluding hydrogens is 368 g/mol. The third-order valence-electron chi connectivity index (χ3n) is 3.47. The third-order valence-corrected chi connectivity index (χ3v) is 4.09. The lowest BCUT2D eigenvalue weighted by Crippen LogP contribution is -2.33. The lowest BCUT2D eigenvalue weighted by atomic mass is 10.1. The van der Waals surface area contributed by atoms with E-state index in [1.54, 1.807) is 12.1 Å². The number of amides is 4. The largest absolute Gasteiger partial charge is 0.496 e. The molecular formula is C15H17BrN2O5. The molecule has 2 rings (SSSR count). The molecule has 0 aliphatic carbocycles. The minimum absolute atomic E-state index is 0.0591. The number of urea groups is 1. The highest BCUT2D eigenvalue weighted by atomic mass is 79.9. The molecule has 0 N–H and O–H groups in total. The van der Waals surface area contributed by atoms with Crippen molar-refractivity contribution in [1.29, 1.82) is 0 Å². The van der Waals surface area contributed by atoms with Gasteiger partial charge in [0.2, 0.25) is 0 Å². The molecule has 0 bridgehead atoms. The molecule has 1 fully saturated rings. The van der Waals surface area contributed by atoms with Gasteiger partial charge in [0.15, 0.2) is 0 Å². The number of hydrogen-bond acceptors (Lipinski definition) is 5. The van der Waals surface area contributed by atoms with Gasteiger partial charge in [-0.1, -0.05) is 6.92 Å². The maximum atomic E-state index is 12.3. The maximum absolute atomic E-state index is 12.3. The molecule has 8 heteroatoms. The summed E-state index contributed by atoms with van der Waals surface area (Å²) in [7, 11) is 2.99. The summed E-state index contributed by atoms with van der Waals surface area (Å²) in [5, 5.41) is 0. The standard InChI is InChI=1S/C15H17BrN2O5/c1-4-5-17-13(19)14(20)18(15(17)21)8-9-6-12(23-3)10(16)7-11(9)22-2/h6-7H,4-5,8H2,1-3H3. The molecule has 0 spiro atoms. The van der Waals surface area contributed by atoms with Crippen molar-refractivity contribution >= 4 is 33.8 Å². The molecule has 0 radical (unpaired) electrons. The number of rotatable bonds is 6. The van der Waals surface area contributed by atoms with Gasteiger partial charge in [-0.25, -0.2) is 4.79 Å². The summed E-state index contributed by atoms with van der Waals surface area (Å²) in [6.45, 7) is 1.99. The number of hydrogen-bond donors (Lipinski definition) is 0. The van der Waals surface area contributed by atoms with Crippen LogP contribution < -0.4 is 9.47 Å². The van der Waals surface area contributed by atoms with Gasteiger partial charge in [-0.15, -0.1) is 0 Å². The minimum atomic E-state index is -0.826. The smallest absolute Gasteiger partial charge is 0.334 e. The molecule has 1 aromatic rings. The van der Waals surface area contributed by atoms with Crippen molar-refractivity contribution in [2.24, 2.45) is 0 Å². The first-order chi connectivity index (χ1) is 10.9. The third kappa shape index (κ3) is 3.17. The van der Waals surface area contributed by atoms with Crippen LogP contribution in [0.25, 0.3) is 0 Å². The summed E-state index contributed by atoms with van der Waals surface area (Å²) >= 11 is 3.34. The summed E-state index contributed by atoms with van der Waals surface area (Å²) in [6, 6.07) is 2.74. The van der Waals surface area contributed by atoms with E-state index in [4.69, 9.17) is 9.47 Å². The quantitative estimate of drug-likeness (QED) is 0.554. The predicted molar refractivity (Wildman–Crippen MR) is 85.2 cm³/mol. The van der Waals surface area contributed by atoms with Crippen molar-refractivity contribution in [3.63, 3.8) is 0 Å². The topological polar surface area (TPSA) is 76.2 Å². The molecule has 1 aliphatic heterocycles. The number of carbonyl (C=O) groups is 3. The SMILES string of the molecule is CCCN1C(=O)C(=O)N(Cc2cc(OC)c(Br)cc2OC)C1=O. The highest BCUT2D eigenvalue weighted by Crippen LogP contribution is 2.34. The second-order valence-corrected chi connectivity index (χ2v) is 5.78. The number of benzene rings is 1. The van der Waals surface area contributed by atoms with Crippen molar-refractivity contribution < 1.29 is 23.9 Å². The Hall–Kier alpha value is -2.09. The van der Waals surface area contributed by atoms with Gasteiger partial charge in [0.25, 0.3) is 0 Å². The summed E-state index contributed by atoms with van der Waals surface area (Å²) in [4.78, 5) is 38.1. The molecule has 23 heavy (non-hydrogen) atoms. The van der Waals surface area contributed by atoms with E-state index >= 15 is 0 Å². The number of methoxy groups -OCH3 is 2. The lowest BCUT2D eigenvalue weighted by molar-refractivity contribution is -0.143. The minimum Gasteiger partial charge on any atom is -0.496 e. The molecule has 1 heterocycles. The van der Waals surface area contributed by atoms with Crippen LogP contribution in [0.1, 0.15) is 18.9 Å². The monoisotopic (exact) mass is 384 g/mol. The van der Waals surface area contributed by atoms with Crippen LogP contribution in [-0.2, 0) is 16.1 Å². The van der Waals surface area contributed by atoms with Crippen molar-refractivity contribution in [3.05, 3.63) is 22.2 Å². The molecule has 0 saturated carbocycles. The van der Waals surface area contributed by atoms with E-state index in [0.29, 0.717) is 28.0 Å². The number of carbonyl (C=O) groups excluding carboxylic acids is 3. The summed E-state index contributed by atoms with van der Waals surface area (Å²) < 4.78 is 11.2. The molecule has 0 aromatic heterocycles. The zero-order chi connectivity index (χ0) is 17.1. The zero-order valence-corrected chi connectivity index (χ0v) is 14.7. The highest BCUT2D eigenvalue weighted by molar-refractivity contribution is 9.10. The molecule has 1 aliphatic rings. The normalized spacial score (nSPS) is 14.7. The molecule has 4 amide bonds. The van der Waals surface area contributed by atoms with E-state index in [1.165, 1.54) is 14.2 Å². The molecule has 1 aromatic carbocycles. The average Bonchev–Trinajstić information content (AvgIpc) is 2.74. The van der Waals surface area contributed by atoms with Crippen LogP contribution in [0.5, 0.6) is 11.5 Å². The van der Waals surface area contributed by atoms with E-state index in [1.807, 2.05) is 6.92 Å². The van der Waals surface area contributed by atoms with Gasteiger partial charge in [0, 0.05) is 12.1 Å². The van der Waals surface area contributed by atoms with Crippen LogP contribution in [-0.4, -0.2) is 48.4 Å². The van der Waals surface area contributed by atoms with Crippen LogP contribution in [0.2, 0.25) is 0 Å². The van der Waals surface area contributed by atoms with Gasteiger partial charge in [0.1, 0.15) is 11.5 Å². The maximum Gasteiger partial charge on any atom is 0.334 e. The van der Waals surface area contributed by atoms with Gasteiger partial charge in [0.05, 0.1) is 25.2 Å². The van der Waals surface area contributed by atoms with Crippen molar-refractivity contribution in [2.45, 2.75) is 19.9 Å². The van der Waals surface area contributed by atoms with Crippen LogP contribution >= 0.6 is 15.9 Å². The molecule has 0 atom stereocenters. The van der Waals surface area contributed by atoms with E-state index in [2.05, 4.69) is 15.9 Å². The van der Waals surface area contributed by atoms with Gasteiger partial charge in [-0.05, 0) is 34.5 Å². The fourth-order valence-electron chi connectivity index (χ4n) is 2.33. The van der Waals surface area contributed by atoms with Crippen molar-refractivity contribution in [2.75, 3.05) is 20.8 Å². The van der Waals surface area contributed by atoms with Gasteiger partial charge in [-0.2, -0.15) is 0 Å². The summed E-state index contributed by atoms with van der Waals surface area (Å²) in [5.74, 6) is -0.594. The Labute approximate surface area is 142 Å². The fourth-order valence-corrected chi connectivity index (χ4v) is 2.81. The molecule has 7 nitrogen and oxygen atoms in total. The number of nitrogens with zero attached hydrogens (tertiary/aromatic N) is 2. The molecule has 124 valence electrons. The van der Waals surface area contributed by atoms with E-state index in [0.717, 1.165) is 9.80 Å². The highest BCUT2D eigenvalue weighted by Gasteiger charge is 2.44. The van der Waals surface area contributed by atoms with Crippen LogP contribution in [0.4, 0.5) is 4.79 Å². The Morgan fingerprint density at radius 1 is 1.00 bits per heavy atom.